The van der Waals surface area contributed by atoms with Gasteiger partial charge in [0.05, 0.1) is 31.9 Å². The minimum Gasteiger partial charge on any atom is -0.480 e. The molecule has 1 aromatic rings. The van der Waals surface area contributed by atoms with Crippen molar-refractivity contribution in [2.75, 3.05) is 39.5 Å². The number of aliphatic imine (C=N–C) groups is 1. The highest BCUT2D eigenvalue weighted by Crippen LogP contribution is 2.18. The van der Waals surface area contributed by atoms with Crippen LogP contribution in [-0.2, 0) is 19.1 Å². The van der Waals surface area contributed by atoms with E-state index in [2.05, 4.69) is 15.3 Å². The molecule has 0 saturated carbocycles. The second kappa shape index (κ2) is 8.39. The number of morpholine rings is 1. The summed E-state index contributed by atoms with van der Waals surface area (Å²) in [5.41, 5.74) is 1.000. The predicted molar refractivity (Wildman–Crippen MR) is 94.1 cm³/mol. The van der Waals surface area contributed by atoms with Crippen LogP contribution in [0.4, 0.5) is 0 Å². The van der Waals surface area contributed by atoms with Crippen LogP contribution in [0.3, 0.4) is 0 Å². The number of nitrogens with zero attached hydrogens (tertiary/aromatic N) is 3. The maximum absolute atomic E-state index is 12.3. The lowest BCUT2D eigenvalue weighted by atomic mass is 10.1. The van der Waals surface area contributed by atoms with E-state index in [0.29, 0.717) is 35.3 Å². The number of ether oxygens (including phenoxy) is 2. The Kier molecular flexibility index (Phi) is 5.96. The van der Waals surface area contributed by atoms with Gasteiger partial charge in [-0.1, -0.05) is 0 Å². The number of aromatic nitrogens is 1. The first-order valence-corrected chi connectivity index (χ1v) is 9.13. The van der Waals surface area contributed by atoms with Gasteiger partial charge in [-0.25, -0.2) is 9.78 Å². The van der Waals surface area contributed by atoms with Crippen LogP contribution in [0.2, 0.25) is 0 Å². The van der Waals surface area contributed by atoms with Crippen LogP contribution in [0.5, 0.6) is 0 Å². The van der Waals surface area contributed by atoms with Gasteiger partial charge in [-0.05, 0) is 6.92 Å². The smallest absolute Gasteiger partial charge is 0.337 e. The number of thiazole rings is 1. The van der Waals surface area contributed by atoms with Crippen molar-refractivity contribution in [3.63, 3.8) is 0 Å². The molecule has 9 nitrogen and oxygen atoms in total. The minimum absolute atomic E-state index is 0.116. The van der Waals surface area contributed by atoms with E-state index in [-0.39, 0.29) is 26.3 Å². The lowest BCUT2D eigenvalue weighted by Gasteiger charge is -2.34. The number of hydrogen-bond acceptors (Lipinski definition) is 9. The molecule has 26 heavy (non-hydrogen) atoms. The van der Waals surface area contributed by atoms with Crippen LogP contribution in [0, 0.1) is 0 Å². The van der Waals surface area contributed by atoms with Gasteiger partial charge in [0.15, 0.2) is 10.8 Å². The first-order chi connectivity index (χ1) is 12.6. The molecule has 1 saturated heterocycles. The fraction of sp³-hybridized carbons (Fsp3) is 0.500. The third kappa shape index (κ3) is 4.09. The van der Waals surface area contributed by atoms with E-state index < -0.39 is 18.0 Å². The monoisotopic (exact) mass is 380 g/mol. The quantitative estimate of drug-likeness (QED) is 0.668. The molecule has 1 aromatic heterocycles. The zero-order valence-corrected chi connectivity index (χ0v) is 15.1. The summed E-state index contributed by atoms with van der Waals surface area (Å²) >= 11 is 1.43. The average molecular weight is 380 g/mol. The highest BCUT2D eigenvalue weighted by molar-refractivity contribution is 7.11. The van der Waals surface area contributed by atoms with Gasteiger partial charge in [0.25, 0.3) is 0 Å². The molecular formula is C16H20N4O5S. The molecule has 3 heterocycles. The third-order valence-electron chi connectivity index (χ3n) is 4.07. The normalized spacial score (nSPS) is 21.1. The van der Waals surface area contributed by atoms with Gasteiger partial charge in [-0.2, -0.15) is 0 Å². The van der Waals surface area contributed by atoms with Crippen LogP contribution in [-0.4, -0.2) is 78.3 Å². The molecule has 1 fully saturated rings. The van der Waals surface area contributed by atoms with Crippen molar-refractivity contribution >= 4 is 29.1 Å². The molecule has 0 bridgehead atoms. The van der Waals surface area contributed by atoms with Crippen molar-refractivity contribution in [3.8, 4) is 0 Å². The second-order valence-corrected chi connectivity index (χ2v) is 6.60. The summed E-state index contributed by atoms with van der Waals surface area (Å²) in [4.78, 5) is 34.2. The summed E-state index contributed by atoms with van der Waals surface area (Å²) in [7, 11) is 0. The van der Waals surface area contributed by atoms with Crippen LogP contribution in [0.15, 0.2) is 27.8 Å². The molecule has 0 radical (unpaired) electrons. The summed E-state index contributed by atoms with van der Waals surface area (Å²) in [5, 5.41) is 15.1. The minimum atomic E-state index is -0.951. The van der Waals surface area contributed by atoms with Gasteiger partial charge in [0.2, 0.25) is 0 Å². The number of nitrogens with one attached hydrogen (secondary N) is 1. The summed E-state index contributed by atoms with van der Waals surface area (Å²) in [5.74, 6) is -0.826. The number of carbonyl (C=O) groups is 2. The molecule has 1 unspecified atom stereocenters. The molecule has 10 heteroatoms. The molecule has 3 rings (SSSR count). The molecule has 0 aromatic carbocycles. The van der Waals surface area contributed by atoms with Gasteiger partial charge in [0.1, 0.15) is 6.04 Å². The number of hydrogen-bond donors (Lipinski definition) is 2. The Hall–Kier alpha value is -2.30. The summed E-state index contributed by atoms with van der Waals surface area (Å²) < 4.78 is 10.4. The van der Waals surface area contributed by atoms with Crippen LogP contribution < -0.4 is 5.32 Å². The highest BCUT2D eigenvalue weighted by atomic mass is 32.1. The summed E-state index contributed by atoms with van der Waals surface area (Å²) in [6, 6.07) is -0.760. The Labute approximate surface area is 154 Å². The number of carbonyl (C=O) groups excluding carboxylic acids is 1. The summed E-state index contributed by atoms with van der Waals surface area (Å²) in [6.07, 6.45) is 1.68. The van der Waals surface area contributed by atoms with E-state index in [0.717, 1.165) is 0 Å². The Bertz CT molecular complexity index is 731. The van der Waals surface area contributed by atoms with Gasteiger partial charge in [-0.15, -0.1) is 11.3 Å². The zero-order chi connectivity index (χ0) is 18.5. The second-order valence-electron chi connectivity index (χ2n) is 5.70. The molecule has 1 atom stereocenters. The van der Waals surface area contributed by atoms with E-state index in [1.807, 2.05) is 5.38 Å². The molecule has 2 aliphatic heterocycles. The van der Waals surface area contributed by atoms with Crippen molar-refractivity contribution in [2.24, 2.45) is 4.99 Å². The molecule has 2 aliphatic rings. The molecule has 0 spiro atoms. The molecular weight excluding hydrogens is 360 g/mol. The van der Waals surface area contributed by atoms with Crippen LogP contribution in [0.25, 0.3) is 0 Å². The van der Waals surface area contributed by atoms with Crippen molar-refractivity contribution in [1.82, 2.24) is 15.2 Å². The number of aliphatic carboxylic acids is 1. The Morgan fingerprint density at radius 1 is 1.54 bits per heavy atom. The largest absolute Gasteiger partial charge is 0.480 e. The predicted octanol–water partition coefficient (Wildman–Crippen LogP) is 0.0955. The average Bonchev–Trinajstić information content (AvgIpc) is 3.17. The number of carboxylic acid groups (broad SMARTS) is 1. The van der Waals surface area contributed by atoms with Gasteiger partial charge < -0.3 is 19.9 Å². The highest BCUT2D eigenvalue weighted by Gasteiger charge is 2.32. The number of carboxylic acids is 1. The lowest BCUT2D eigenvalue weighted by molar-refractivity contribution is -0.149. The first kappa shape index (κ1) is 18.5. The van der Waals surface area contributed by atoms with Crippen molar-refractivity contribution in [2.45, 2.75) is 13.0 Å². The Morgan fingerprint density at radius 2 is 2.38 bits per heavy atom. The molecule has 0 amide bonds. The SMILES string of the molecule is CCOC(=O)C1=C(CN2CCOCC2C(=O)O)NC(c2nccs2)=NC1. The van der Waals surface area contributed by atoms with E-state index >= 15 is 0 Å². The topological polar surface area (TPSA) is 113 Å². The number of esters is 1. The number of rotatable bonds is 6. The standard InChI is InChI=1S/C16H20N4O5S/c1-2-25-16(23)10-7-18-13(14-17-3-6-26-14)19-11(10)8-20-4-5-24-9-12(20)15(21)22/h3,6,12H,2,4-5,7-9H2,1H3,(H,18,19)(H,21,22). The van der Waals surface area contributed by atoms with Crippen molar-refractivity contribution in [1.29, 1.82) is 0 Å². The van der Waals surface area contributed by atoms with Gasteiger partial charge in [-0.3, -0.25) is 14.7 Å². The maximum Gasteiger partial charge on any atom is 0.337 e. The lowest BCUT2D eigenvalue weighted by Crippen LogP contribution is -2.52. The van der Waals surface area contributed by atoms with Crippen LogP contribution >= 0.6 is 11.3 Å². The van der Waals surface area contributed by atoms with E-state index in [1.54, 1.807) is 18.0 Å². The zero-order valence-electron chi connectivity index (χ0n) is 14.3. The Balaban J connectivity index is 1.84. The Morgan fingerprint density at radius 3 is 3.08 bits per heavy atom. The van der Waals surface area contributed by atoms with E-state index in [1.165, 1.54) is 11.3 Å². The third-order valence-corrected chi connectivity index (χ3v) is 4.85. The first-order valence-electron chi connectivity index (χ1n) is 8.25. The van der Waals surface area contributed by atoms with E-state index in [4.69, 9.17) is 9.47 Å². The van der Waals surface area contributed by atoms with E-state index in [9.17, 15) is 14.7 Å². The van der Waals surface area contributed by atoms with Crippen molar-refractivity contribution in [3.05, 3.63) is 27.9 Å². The molecule has 2 N–H and O–H groups in total. The molecule has 140 valence electrons. The fourth-order valence-electron chi connectivity index (χ4n) is 2.77. The van der Waals surface area contributed by atoms with Crippen LogP contribution in [0.1, 0.15) is 11.9 Å². The maximum atomic E-state index is 12.3. The number of amidine groups is 1. The summed E-state index contributed by atoms with van der Waals surface area (Å²) in [6.45, 7) is 3.44. The fourth-order valence-corrected chi connectivity index (χ4v) is 3.37. The van der Waals surface area contributed by atoms with Crippen molar-refractivity contribution < 1.29 is 24.2 Å². The van der Waals surface area contributed by atoms with Gasteiger partial charge >= 0.3 is 11.9 Å². The van der Waals surface area contributed by atoms with Gasteiger partial charge in [0, 0.05) is 30.4 Å². The molecule has 0 aliphatic carbocycles.